The van der Waals surface area contributed by atoms with E-state index in [2.05, 4.69) is 34.6 Å². The highest BCUT2D eigenvalue weighted by molar-refractivity contribution is 4.94. The van der Waals surface area contributed by atoms with Crippen LogP contribution < -0.4 is 0 Å². The predicted octanol–water partition coefficient (Wildman–Crippen LogP) is 5.15. The van der Waals surface area contributed by atoms with Gasteiger partial charge in [0, 0.05) is 26.4 Å². The van der Waals surface area contributed by atoms with E-state index in [4.69, 9.17) is 23.7 Å². The second-order valence-electron chi connectivity index (χ2n) is 7.88. The Balaban J connectivity index is 2.84. The lowest BCUT2D eigenvalue weighted by atomic mass is 9.95. The third kappa shape index (κ3) is 9.53. The van der Waals surface area contributed by atoms with Gasteiger partial charge in [0.2, 0.25) is 0 Å². The van der Waals surface area contributed by atoms with Gasteiger partial charge in [0.1, 0.15) is 24.4 Å². The van der Waals surface area contributed by atoms with E-state index in [9.17, 15) is 0 Å². The van der Waals surface area contributed by atoms with E-state index in [0.29, 0.717) is 6.61 Å². The SMILES string of the molecule is CCCCOCC1OC(C)C(OCCCC)C(OCCCC)[C@H]1OCCCC. The predicted molar refractivity (Wildman–Crippen MR) is 114 cm³/mol. The molecule has 1 fully saturated rings. The Kier molecular flexibility index (Phi) is 15.3. The fourth-order valence-corrected chi connectivity index (χ4v) is 3.39. The molecule has 0 amide bonds. The summed E-state index contributed by atoms with van der Waals surface area (Å²) in [6, 6.07) is 0. The normalized spacial score (nSPS) is 28.0. The monoisotopic (exact) mass is 402 g/mol. The van der Waals surface area contributed by atoms with Crippen LogP contribution in [0.1, 0.15) is 86.0 Å². The maximum atomic E-state index is 6.35. The summed E-state index contributed by atoms with van der Waals surface area (Å²) in [6.45, 7) is 14.3. The highest BCUT2D eigenvalue weighted by Crippen LogP contribution is 2.29. The summed E-state index contributed by atoms with van der Waals surface area (Å²) in [6.07, 6.45) is 8.20. The lowest BCUT2D eigenvalue weighted by molar-refractivity contribution is -0.262. The van der Waals surface area contributed by atoms with Crippen LogP contribution in [0.4, 0.5) is 0 Å². The summed E-state index contributed by atoms with van der Waals surface area (Å²) in [5, 5.41) is 0. The number of hydrogen-bond acceptors (Lipinski definition) is 5. The first-order valence-corrected chi connectivity index (χ1v) is 11.8. The van der Waals surface area contributed by atoms with Crippen LogP contribution in [0.25, 0.3) is 0 Å². The molecule has 1 aliphatic rings. The highest BCUT2D eigenvalue weighted by Gasteiger charge is 2.46. The van der Waals surface area contributed by atoms with E-state index in [-0.39, 0.29) is 30.5 Å². The van der Waals surface area contributed by atoms with Crippen molar-refractivity contribution in [3.8, 4) is 0 Å². The highest BCUT2D eigenvalue weighted by atomic mass is 16.6. The van der Waals surface area contributed by atoms with Crippen LogP contribution in [0.2, 0.25) is 0 Å². The van der Waals surface area contributed by atoms with Crippen LogP contribution in [0.5, 0.6) is 0 Å². The smallest absolute Gasteiger partial charge is 0.115 e. The Morgan fingerprint density at radius 1 is 0.607 bits per heavy atom. The number of hydrogen-bond donors (Lipinski definition) is 0. The van der Waals surface area contributed by atoms with Crippen molar-refractivity contribution >= 4 is 0 Å². The fraction of sp³-hybridized carbons (Fsp3) is 1.00. The molecule has 5 nitrogen and oxygen atoms in total. The van der Waals surface area contributed by atoms with Crippen LogP contribution in [-0.2, 0) is 23.7 Å². The van der Waals surface area contributed by atoms with E-state index in [1.807, 2.05) is 0 Å². The Labute approximate surface area is 173 Å². The Bertz CT molecular complexity index is 352. The van der Waals surface area contributed by atoms with Crippen LogP contribution in [0, 0.1) is 0 Å². The molecule has 0 N–H and O–H groups in total. The van der Waals surface area contributed by atoms with E-state index < -0.39 is 0 Å². The first-order valence-electron chi connectivity index (χ1n) is 11.8. The topological polar surface area (TPSA) is 46.2 Å². The minimum atomic E-state index is -0.146. The van der Waals surface area contributed by atoms with Gasteiger partial charge in [0.15, 0.2) is 0 Å². The molecule has 0 spiro atoms. The average Bonchev–Trinajstić information content (AvgIpc) is 2.69. The van der Waals surface area contributed by atoms with Gasteiger partial charge in [0.05, 0.1) is 12.7 Å². The molecule has 168 valence electrons. The van der Waals surface area contributed by atoms with Gasteiger partial charge in [-0.15, -0.1) is 0 Å². The molecule has 4 unspecified atom stereocenters. The van der Waals surface area contributed by atoms with Crippen molar-refractivity contribution in [3.63, 3.8) is 0 Å². The molecule has 0 aromatic carbocycles. The molecule has 0 saturated carbocycles. The zero-order chi connectivity index (χ0) is 20.6. The van der Waals surface area contributed by atoms with Gasteiger partial charge in [-0.2, -0.15) is 0 Å². The van der Waals surface area contributed by atoms with Crippen LogP contribution in [0.3, 0.4) is 0 Å². The first-order chi connectivity index (χ1) is 13.7. The zero-order valence-corrected chi connectivity index (χ0v) is 19.1. The molecule has 5 heteroatoms. The minimum absolute atomic E-state index is 0.0331. The van der Waals surface area contributed by atoms with Crippen LogP contribution in [0.15, 0.2) is 0 Å². The molecule has 5 atom stereocenters. The van der Waals surface area contributed by atoms with Crippen molar-refractivity contribution in [2.75, 3.05) is 33.0 Å². The second-order valence-corrected chi connectivity index (χ2v) is 7.88. The van der Waals surface area contributed by atoms with Gasteiger partial charge in [0.25, 0.3) is 0 Å². The molecular formula is C23H46O5. The lowest BCUT2D eigenvalue weighted by Crippen LogP contribution is -2.60. The van der Waals surface area contributed by atoms with E-state index >= 15 is 0 Å². The summed E-state index contributed by atoms with van der Waals surface area (Å²) in [4.78, 5) is 0. The molecular weight excluding hydrogens is 356 g/mol. The fourth-order valence-electron chi connectivity index (χ4n) is 3.39. The van der Waals surface area contributed by atoms with Crippen LogP contribution >= 0.6 is 0 Å². The molecule has 0 radical (unpaired) electrons. The molecule has 0 aromatic heterocycles. The molecule has 0 aliphatic carbocycles. The third-order valence-electron chi connectivity index (χ3n) is 5.22. The van der Waals surface area contributed by atoms with Crippen molar-refractivity contribution in [1.82, 2.24) is 0 Å². The van der Waals surface area contributed by atoms with Crippen molar-refractivity contribution in [1.29, 1.82) is 0 Å². The molecule has 1 aliphatic heterocycles. The number of rotatable bonds is 17. The quantitative estimate of drug-likeness (QED) is 0.315. The summed E-state index contributed by atoms with van der Waals surface area (Å²) >= 11 is 0. The average molecular weight is 403 g/mol. The summed E-state index contributed by atoms with van der Waals surface area (Å²) in [5.74, 6) is 0. The van der Waals surface area contributed by atoms with E-state index in [1.165, 1.54) is 0 Å². The second kappa shape index (κ2) is 16.6. The van der Waals surface area contributed by atoms with Crippen molar-refractivity contribution < 1.29 is 23.7 Å². The molecule has 0 aromatic rings. The van der Waals surface area contributed by atoms with Gasteiger partial charge in [-0.25, -0.2) is 0 Å². The van der Waals surface area contributed by atoms with Gasteiger partial charge >= 0.3 is 0 Å². The van der Waals surface area contributed by atoms with Gasteiger partial charge in [-0.1, -0.05) is 53.4 Å². The minimum Gasteiger partial charge on any atom is -0.379 e. The van der Waals surface area contributed by atoms with E-state index in [0.717, 1.165) is 77.8 Å². The number of ether oxygens (including phenoxy) is 5. The first kappa shape index (κ1) is 25.8. The maximum Gasteiger partial charge on any atom is 0.115 e. The molecule has 0 bridgehead atoms. The van der Waals surface area contributed by atoms with Gasteiger partial charge in [-0.3, -0.25) is 0 Å². The number of unbranched alkanes of at least 4 members (excludes halogenated alkanes) is 4. The third-order valence-corrected chi connectivity index (χ3v) is 5.22. The maximum absolute atomic E-state index is 6.35. The molecule has 1 rings (SSSR count). The van der Waals surface area contributed by atoms with Crippen molar-refractivity contribution in [2.24, 2.45) is 0 Å². The molecule has 28 heavy (non-hydrogen) atoms. The molecule has 1 heterocycles. The Morgan fingerprint density at radius 3 is 1.61 bits per heavy atom. The van der Waals surface area contributed by atoms with Crippen molar-refractivity contribution in [2.45, 2.75) is 117 Å². The Morgan fingerprint density at radius 2 is 1.07 bits per heavy atom. The largest absolute Gasteiger partial charge is 0.379 e. The van der Waals surface area contributed by atoms with Gasteiger partial charge in [-0.05, 0) is 32.6 Å². The summed E-state index contributed by atoms with van der Waals surface area (Å²) in [5.41, 5.74) is 0. The lowest BCUT2D eigenvalue weighted by Gasteiger charge is -2.45. The summed E-state index contributed by atoms with van der Waals surface area (Å²) in [7, 11) is 0. The molecule has 1 saturated heterocycles. The standard InChI is InChI=1S/C23H46O5/c1-6-10-14-24-18-20-22(26-16-12-8-3)23(27-17-13-9-4)21(19(5)28-20)25-15-11-7-2/h19-23H,6-18H2,1-5H3/t19?,20?,21?,22-,23?/m0/s1. The van der Waals surface area contributed by atoms with Crippen molar-refractivity contribution in [3.05, 3.63) is 0 Å². The summed E-state index contributed by atoms with van der Waals surface area (Å²) < 4.78 is 31.1. The van der Waals surface area contributed by atoms with Crippen LogP contribution in [-0.4, -0.2) is 63.6 Å². The zero-order valence-electron chi connectivity index (χ0n) is 19.1. The van der Waals surface area contributed by atoms with Gasteiger partial charge < -0.3 is 23.7 Å². The Hall–Kier alpha value is -0.200. The van der Waals surface area contributed by atoms with E-state index in [1.54, 1.807) is 0 Å².